The van der Waals surface area contributed by atoms with Crippen LogP contribution >= 0.6 is 0 Å². The average Bonchev–Trinajstić information content (AvgIpc) is 2.53. The van der Waals surface area contributed by atoms with Crippen molar-refractivity contribution in [1.29, 1.82) is 0 Å². The first-order chi connectivity index (χ1) is 10.3. The molecule has 2 aromatic carbocycles. The van der Waals surface area contributed by atoms with E-state index < -0.39 is 5.97 Å². The molecule has 0 amide bonds. The van der Waals surface area contributed by atoms with E-state index in [4.69, 9.17) is 5.11 Å². The zero-order chi connectivity index (χ0) is 14.7. The van der Waals surface area contributed by atoms with E-state index in [1.165, 1.54) is 17.0 Å². The predicted octanol–water partition coefficient (Wildman–Crippen LogP) is 3.55. The highest BCUT2D eigenvalue weighted by Gasteiger charge is 2.09. The number of anilines is 1. The molecule has 0 bridgehead atoms. The van der Waals surface area contributed by atoms with Crippen molar-refractivity contribution in [3.8, 4) is 0 Å². The minimum Gasteiger partial charge on any atom is -0.478 e. The Kier molecular flexibility index (Phi) is 3.51. The Bertz CT molecular complexity index is 794. The van der Waals surface area contributed by atoms with Crippen LogP contribution in [0.5, 0.6) is 0 Å². The van der Waals surface area contributed by atoms with Crippen LogP contribution in [-0.4, -0.2) is 16.1 Å². The minimum atomic E-state index is -0.983. The van der Waals surface area contributed by atoms with Crippen molar-refractivity contribution < 1.29 is 9.90 Å². The number of rotatable bonds is 4. The van der Waals surface area contributed by atoms with Crippen molar-refractivity contribution in [1.82, 2.24) is 4.98 Å². The molecule has 3 aromatic rings. The fraction of sp³-hybridized carbons (Fsp3) is 0.0588. The van der Waals surface area contributed by atoms with Crippen molar-refractivity contribution in [2.45, 2.75) is 6.54 Å². The van der Waals surface area contributed by atoms with Crippen LogP contribution in [0.2, 0.25) is 0 Å². The number of nitrogens with one attached hydrogen (secondary N) is 1. The zero-order valence-electron chi connectivity index (χ0n) is 11.3. The molecule has 2 N–H and O–H groups in total. The van der Waals surface area contributed by atoms with Crippen molar-refractivity contribution in [3.05, 3.63) is 72.1 Å². The van der Waals surface area contributed by atoms with Crippen LogP contribution in [0, 0.1) is 0 Å². The quantitative estimate of drug-likeness (QED) is 0.766. The maximum atomic E-state index is 11.2. The number of nitrogens with zero attached hydrogens (tertiary/aromatic N) is 1. The van der Waals surface area contributed by atoms with Gasteiger partial charge in [-0.1, -0.05) is 42.5 Å². The molecule has 0 atom stereocenters. The van der Waals surface area contributed by atoms with Gasteiger partial charge < -0.3 is 10.4 Å². The van der Waals surface area contributed by atoms with Gasteiger partial charge in [-0.3, -0.25) is 4.98 Å². The Morgan fingerprint density at radius 2 is 1.90 bits per heavy atom. The van der Waals surface area contributed by atoms with Crippen LogP contribution in [0.3, 0.4) is 0 Å². The number of aromatic carboxylic acids is 1. The highest BCUT2D eigenvalue weighted by atomic mass is 16.4. The zero-order valence-corrected chi connectivity index (χ0v) is 11.3. The summed E-state index contributed by atoms with van der Waals surface area (Å²) in [5, 5.41) is 14.7. The lowest BCUT2D eigenvalue weighted by Crippen LogP contribution is -2.07. The second kappa shape index (κ2) is 5.63. The Labute approximate surface area is 122 Å². The van der Waals surface area contributed by atoms with Gasteiger partial charge in [0.05, 0.1) is 5.69 Å². The monoisotopic (exact) mass is 278 g/mol. The summed E-state index contributed by atoms with van der Waals surface area (Å²) in [6.45, 7) is 0.561. The fourth-order valence-electron chi connectivity index (χ4n) is 2.36. The molecule has 0 spiro atoms. The number of carbonyl (C=O) groups is 1. The third kappa shape index (κ3) is 2.69. The Hall–Kier alpha value is -2.88. The van der Waals surface area contributed by atoms with Crippen LogP contribution < -0.4 is 5.32 Å². The first kappa shape index (κ1) is 13.1. The molecule has 0 fully saturated rings. The maximum absolute atomic E-state index is 11.2. The van der Waals surface area contributed by atoms with Crippen LogP contribution in [0.25, 0.3) is 10.8 Å². The molecule has 0 unspecified atom stereocenters. The van der Waals surface area contributed by atoms with Crippen molar-refractivity contribution >= 4 is 22.4 Å². The molecule has 0 aliphatic carbocycles. The van der Waals surface area contributed by atoms with Crippen molar-refractivity contribution in [2.75, 3.05) is 5.32 Å². The van der Waals surface area contributed by atoms with E-state index in [-0.39, 0.29) is 5.56 Å². The Morgan fingerprint density at radius 1 is 1.10 bits per heavy atom. The summed E-state index contributed by atoms with van der Waals surface area (Å²) in [5.74, 6) is -0.983. The van der Waals surface area contributed by atoms with Crippen LogP contribution in [0.1, 0.15) is 15.9 Å². The van der Waals surface area contributed by atoms with Gasteiger partial charge in [0, 0.05) is 18.9 Å². The average molecular weight is 278 g/mol. The molecule has 104 valence electrons. The van der Waals surface area contributed by atoms with Gasteiger partial charge in [0.25, 0.3) is 0 Å². The summed E-state index contributed by atoms with van der Waals surface area (Å²) < 4.78 is 0. The third-order valence-corrected chi connectivity index (χ3v) is 3.40. The molecule has 0 aliphatic heterocycles. The van der Waals surface area contributed by atoms with Gasteiger partial charge >= 0.3 is 5.97 Å². The summed E-state index contributed by atoms with van der Waals surface area (Å²) in [7, 11) is 0. The lowest BCUT2D eigenvalue weighted by atomic mass is 10.0. The highest BCUT2D eigenvalue weighted by molar-refractivity contribution is 5.93. The SMILES string of the molecule is O=C(O)c1cnccc1NCc1cccc2ccccc12. The van der Waals surface area contributed by atoms with Gasteiger partial charge in [0.1, 0.15) is 5.56 Å². The van der Waals surface area contributed by atoms with Gasteiger partial charge in [-0.05, 0) is 22.4 Å². The second-order valence-corrected chi connectivity index (χ2v) is 4.72. The largest absolute Gasteiger partial charge is 0.478 e. The lowest BCUT2D eigenvalue weighted by molar-refractivity contribution is 0.0697. The lowest BCUT2D eigenvalue weighted by Gasteiger charge is -2.11. The molecule has 0 radical (unpaired) electrons. The summed E-state index contributed by atoms with van der Waals surface area (Å²) in [5.41, 5.74) is 1.88. The maximum Gasteiger partial charge on any atom is 0.339 e. The summed E-state index contributed by atoms with van der Waals surface area (Å²) in [6.07, 6.45) is 2.94. The molecular formula is C17H14N2O2. The number of carboxylic acids is 1. The van der Waals surface area contributed by atoms with E-state index in [0.717, 1.165) is 5.56 Å². The summed E-state index contributed by atoms with van der Waals surface area (Å²) in [4.78, 5) is 15.0. The van der Waals surface area contributed by atoms with E-state index >= 15 is 0 Å². The van der Waals surface area contributed by atoms with Gasteiger partial charge in [-0.25, -0.2) is 4.79 Å². The molecular weight excluding hydrogens is 264 g/mol. The van der Waals surface area contributed by atoms with Crippen LogP contribution in [-0.2, 0) is 6.54 Å². The van der Waals surface area contributed by atoms with E-state index in [9.17, 15) is 4.79 Å². The predicted molar refractivity (Wildman–Crippen MR) is 82.5 cm³/mol. The van der Waals surface area contributed by atoms with E-state index in [1.807, 2.05) is 24.3 Å². The Balaban J connectivity index is 1.89. The molecule has 1 aromatic heterocycles. The normalized spacial score (nSPS) is 10.5. The summed E-state index contributed by atoms with van der Waals surface area (Å²) in [6, 6.07) is 15.9. The van der Waals surface area contributed by atoms with Crippen molar-refractivity contribution in [2.24, 2.45) is 0 Å². The Morgan fingerprint density at radius 3 is 2.76 bits per heavy atom. The molecule has 4 nitrogen and oxygen atoms in total. The van der Waals surface area contributed by atoms with Crippen LogP contribution in [0.4, 0.5) is 5.69 Å². The number of pyridine rings is 1. The van der Waals surface area contributed by atoms with E-state index in [1.54, 1.807) is 12.3 Å². The second-order valence-electron chi connectivity index (χ2n) is 4.72. The smallest absolute Gasteiger partial charge is 0.339 e. The molecule has 3 rings (SSSR count). The molecule has 0 aliphatic rings. The van der Waals surface area contributed by atoms with Gasteiger partial charge in [-0.2, -0.15) is 0 Å². The standard InChI is InChI=1S/C17H14N2O2/c20-17(21)15-11-18-9-8-16(15)19-10-13-6-3-5-12-4-1-2-7-14(12)13/h1-9,11H,10H2,(H,18,19)(H,20,21). The fourth-order valence-corrected chi connectivity index (χ4v) is 2.36. The molecule has 0 saturated carbocycles. The molecule has 1 heterocycles. The molecule has 4 heteroatoms. The first-order valence-electron chi connectivity index (χ1n) is 6.63. The number of benzene rings is 2. The van der Waals surface area contributed by atoms with Gasteiger partial charge in [-0.15, -0.1) is 0 Å². The number of aromatic nitrogens is 1. The number of hydrogen-bond acceptors (Lipinski definition) is 3. The molecule has 0 saturated heterocycles. The topological polar surface area (TPSA) is 62.2 Å². The van der Waals surface area contributed by atoms with Crippen molar-refractivity contribution in [3.63, 3.8) is 0 Å². The number of carboxylic acid groups (broad SMARTS) is 1. The molecule has 21 heavy (non-hydrogen) atoms. The third-order valence-electron chi connectivity index (χ3n) is 3.40. The van der Waals surface area contributed by atoms with Gasteiger partial charge in [0.15, 0.2) is 0 Å². The van der Waals surface area contributed by atoms with Gasteiger partial charge in [0.2, 0.25) is 0 Å². The minimum absolute atomic E-state index is 0.178. The van der Waals surface area contributed by atoms with Crippen LogP contribution in [0.15, 0.2) is 60.9 Å². The van der Waals surface area contributed by atoms with E-state index in [0.29, 0.717) is 12.2 Å². The van der Waals surface area contributed by atoms with E-state index in [2.05, 4.69) is 28.5 Å². The number of fused-ring (bicyclic) bond motifs is 1. The summed E-state index contributed by atoms with van der Waals surface area (Å²) >= 11 is 0. The number of hydrogen-bond donors (Lipinski definition) is 2. The first-order valence-corrected chi connectivity index (χ1v) is 6.63. The highest BCUT2D eigenvalue weighted by Crippen LogP contribution is 2.21.